The summed E-state index contributed by atoms with van der Waals surface area (Å²) in [5, 5.41) is 5.03. The van der Waals surface area contributed by atoms with Crippen molar-refractivity contribution in [3.63, 3.8) is 0 Å². The van der Waals surface area contributed by atoms with E-state index in [-0.39, 0.29) is 21.8 Å². The van der Waals surface area contributed by atoms with Crippen molar-refractivity contribution in [2.24, 2.45) is 10.9 Å². The van der Waals surface area contributed by atoms with Crippen LogP contribution in [-0.2, 0) is 23.6 Å². The number of rotatable bonds is 8. The minimum atomic E-state index is -6.32. The molecule has 0 unspecified atom stereocenters. The molecule has 3 rings (SSSR count). The molecule has 7 nitrogen and oxygen atoms in total. The van der Waals surface area contributed by atoms with Gasteiger partial charge in [-0.15, -0.1) is 0 Å². The number of alkyl halides is 3. The summed E-state index contributed by atoms with van der Waals surface area (Å²) >= 11 is 0.906. The molecule has 0 amide bonds. The van der Waals surface area contributed by atoms with Crippen LogP contribution in [0.3, 0.4) is 0 Å². The summed E-state index contributed by atoms with van der Waals surface area (Å²) < 4.78 is 77.6. The van der Waals surface area contributed by atoms with E-state index in [0.717, 1.165) is 11.3 Å². The van der Waals surface area contributed by atoms with E-state index in [2.05, 4.69) is 5.10 Å². The zero-order valence-corrected chi connectivity index (χ0v) is 20.2. The molecule has 34 heavy (non-hydrogen) atoms. The van der Waals surface area contributed by atoms with E-state index >= 15 is 0 Å². The summed E-state index contributed by atoms with van der Waals surface area (Å²) in [5.41, 5.74) is -6.59. The molecule has 13 heteroatoms. The van der Waals surface area contributed by atoms with Crippen molar-refractivity contribution >= 4 is 54.9 Å². The normalized spacial score (nSPS) is 14.2. The molecule has 2 aromatic carbocycles. The van der Waals surface area contributed by atoms with Crippen molar-refractivity contribution < 1.29 is 35.1 Å². The van der Waals surface area contributed by atoms with Gasteiger partial charge in [0.15, 0.2) is 0 Å². The van der Waals surface area contributed by atoms with Crippen LogP contribution >= 0.6 is 18.2 Å². The SMILES string of the molecule is CCOC(=O)C(=NN)P(OS(=O)(=O)C(F)(F)F)(c1ccccc1)(c1ccccc1)c1cccs1. The Kier molecular flexibility index (Phi) is 7.18. The summed E-state index contributed by atoms with van der Waals surface area (Å²) in [4.78, 5) is 13.3. The van der Waals surface area contributed by atoms with Crippen LogP contribution in [0.1, 0.15) is 6.92 Å². The number of hydrogen-bond acceptors (Lipinski definition) is 8. The number of hydrazone groups is 1. The van der Waals surface area contributed by atoms with Gasteiger partial charge in [0.05, 0.1) is 0 Å². The van der Waals surface area contributed by atoms with Crippen LogP contribution in [0.2, 0.25) is 0 Å². The molecule has 0 bridgehead atoms. The first kappa shape index (κ1) is 25.8. The standard InChI is InChI=1S/C21H20F3N2O5PS2/c1-2-30-20(27)19(26-25)32(18-14-9-15-33-18,16-10-5-3-6-11-16,17-12-7-4-8-13-17)31-34(28,29)21(22,23)24/h3-15H,2,25H2,1H3. The molecule has 0 aliphatic carbocycles. The molecule has 0 saturated carbocycles. The summed E-state index contributed by atoms with van der Waals surface area (Å²) in [5.74, 6) is 4.44. The summed E-state index contributed by atoms with van der Waals surface area (Å²) in [6.45, 7) is -4.27. The number of thiophene rings is 1. The van der Waals surface area contributed by atoms with Crippen LogP contribution in [0.5, 0.6) is 0 Å². The summed E-state index contributed by atoms with van der Waals surface area (Å²) in [7, 11) is -6.32. The molecule has 3 aromatic rings. The van der Waals surface area contributed by atoms with Gasteiger partial charge in [0.2, 0.25) is 0 Å². The van der Waals surface area contributed by atoms with E-state index in [1.165, 1.54) is 73.0 Å². The predicted molar refractivity (Wildman–Crippen MR) is 127 cm³/mol. The first-order valence-corrected chi connectivity index (χ1v) is 14.1. The van der Waals surface area contributed by atoms with E-state index in [1.54, 1.807) is 12.1 Å². The van der Waals surface area contributed by atoms with Gasteiger partial charge in [0.1, 0.15) is 0 Å². The zero-order chi connectivity index (χ0) is 25.1. The van der Waals surface area contributed by atoms with E-state index in [1.807, 2.05) is 0 Å². The molecular formula is C21H20F3N2O5PS2. The number of ether oxygens (including phenoxy) is 1. The Morgan fingerprint density at radius 1 is 1.00 bits per heavy atom. The van der Waals surface area contributed by atoms with Gasteiger partial charge in [0, 0.05) is 0 Å². The van der Waals surface area contributed by atoms with Crippen molar-refractivity contribution in [3.05, 3.63) is 78.2 Å². The quantitative estimate of drug-likeness (QED) is 0.119. The van der Waals surface area contributed by atoms with Crippen molar-refractivity contribution in [1.29, 1.82) is 0 Å². The average molecular weight is 533 g/mol. The monoisotopic (exact) mass is 532 g/mol. The van der Waals surface area contributed by atoms with Crippen LogP contribution in [0.25, 0.3) is 0 Å². The Bertz CT molecular complexity index is 1240. The van der Waals surface area contributed by atoms with Gasteiger partial charge >= 0.3 is 198 Å². The van der Waals surface area contributed by atoms with E-state index in [0.29, 0.717) is 0 Å². The van der Waals surface area contributed by atoms with E-state index < -0.39 is 33.9 Å². The Hall–Kier alpha value is -2.79. The molecule has 0 aliphatic rings. The van der Waals surface area contributed by atoms with Crippen molar-refractivity contribution in [2.75, 3.05) is 6.61 Å². The number of benzene rings is 2. The molecule has 0 spiro atoms. The molecule has 1 aromatic heterocycles. The number of nitrogens with two attached hydrogens (primary N) is 1. The van der Waals surface area contributed by atoms with Crippen LogP contribution < -0.4 is 21.1 Å². The third-order valence-corrected chi connectivity index (χ3v) is 14.2. The molecule has 0 aliphatic heterocycles. The molecule has 0 atom stereocenters. The number of halogens is 3. The predicted octanol–water partition coefficient (Wildman–Crippen LogP) is 3.19. The molecule has 182 valence electrons. The fourth-order valence-corrected chi connectivity index (χ4v) is 13.4. The molecule has 1 heterocycles. The summed E-state index contributed by atoms with van der Waals surface area (Å²) in [6, 6.07) is 17.5. The number of esters is 1. The van der Waals surface area contributed by atoms with E-state index in [9.17, 15) is 26.4 Å². The second-order valence-electron chi connectivity index (χ2n) is 6.81. The van der Waals surface area contributed by atoms with Gasteiger partial charge in [-0.25, -0.2) is 0 Å². The number of carbonyl (C=O) groups excluding carboxylic acids is 1. The van der Waals surface area contributed by atoms with Crippen LogP contribution in [-0.4, -0.2) is 32.0 Å². The third-order valence-electron chi connectivity index (χ3n) is 4.94. The maximum atomic E-state index is 13.8. The summed E-state index contributed by atoms with van der Waals surface area (Å²) in [6.07, 6.45) is 0. The van der Waals surface area contributed by atoms with Crippen molar-refractivity contribution in [2.45, 2.75) is 12.4 Å². The Labute approximate surface area is 198 Å². The maximum absolute atomic E-state index is 13.8. The first-order chi connectivity index (χ1) is 16.0. The zero-order valence-electron chi connectivity index (χ0n) is 17.7. The Morgan fingerprint density at radius 2 is 1.53 bits per heavy atom. The van der Waals surface area contributed by atoms with Crippen LogP contribution in [0, 0.1) is 0 Å². The average Bonchev–Trinajstić information content (AvgIpc) is 3.35. The minimum absolute atomic E-state index is 0.00785. The topological polar surface area (TPSA) is 108 Å². The van der Waals surface area contributed by atoms with Gasteiger partial charge in [-0.2, -0.15) is 0 Å². The molecule has 0 radical (unpaired) electrons. The van der Waals surface area contributed by atoms with Gasteiger partial charge in [-0.05, 0) is 0 Å². The first-order valence-electron chi connectivity index (χ1n) is 9.70. The van der Waals surface area contributed by atoms with Gasteiger partial charge in [-0.3, -0.25) is 0 Å². The Balaban J connectivity index is 2.70. The second kappa shape index (κ2) is 9.46. The van der Waals surface area contributed by atoms with Gasteiger partial charge < -0.3 is 0 Å². The van der Waals surface area contributed by atoms with Crippen LogP contribution in [0.15, 0.2) is 83.3 Å². The van der Waals surface area contributed by atoms with Crippen molar-refractivity contribution in [1.82, 2.24) is 0 Å². The van der Waals surface area contributed by atoms with Gasteiger partial charge in [-0.1, -0.05) is 0 Å². The fraction of sp³-hybridized carbons (Fsp3) is 0.143. The van der Waals surface area contributed by atoms with Crippen LogP contribution in [0.4, 0.5) is 13.2 Å². The van der Waals surface area contributed by atoms with Crippen molar-refractivity contribution in [3.8, 4) is 0 Å². The molecule has 0 saturated heterocycles. The molecule has 0 fully saturated rings. The second-order valence-corrected chi connectivity index (χ2v) is 14.0. The third kappa shape index (κ3) is 3.90. The van der Waals surface area contributed by atoms with Gasteiger partial charge in [0.25, 0.3) is 0 Å². The van der Waals surface area contributed by atoms with E-state index in [4.69, 9.17) is 14.5 Å². The number of hydrogen-bond donors (Lipinski definition) is 1. The number of nitrogens with zero attached hydrogens (tertiary/aromatic N) is 1. The number of carbonyl (C=O) groups is 1. The fourth-order valence-electron chi connectivity index (χ4n) is 3.62. The molecule has 2 N–H and O–H groups in total. The molecular weight excluding hydrogens is 512 g/mol. The Morgan fingerprint density at radius 3 is 1.91 bits per heavy atom.